The third-order valence-corrected chi connectivity index (χ3v) is 3.09. The van der Waals surface area contributed by atoms with Crippen molar-refractivity contribution >= 4 is 27.5 Å². The van der Waals surface area contributed by atoms with E-state index < -0.39 is 0 Å². The molecule has 2 rings (SSSR count). The van der Waals surface area contributed by atoms with Gasteiger partial charge in [-0.25, -0.2) is 4.98 Å². The van der Waals surface area contributed by atoms with Gasteiger partial charge in [-0.3, -0.25) is 4.79 Å². The highest BCUT2D eigenvalue weighted by Gasteiger charge is 2.08. The maximum Gasteiger partial charge on any atom is 0.255 e. The van der Waals surface area contributed by atoms with E-state index >= 15 is 0 Å². The molecular formula is C13H12BrN3O. The number of nitrogens with one attached hydrogen (secondary N) is 1. The van der Waals surface area contributed by atoms with E-state index in [2.05, 4.69) is 26.2 Å². The number of rotatable bonds is 3. The Balaban J connectivity index is 2.14. The molecule has 1 aromatic carbocycles. The molecule has 0 aliphatic carbocycles. The standard InChI is InChI=1S/C13H12BrN3O/c14-12-11(2-1-7-16-12)17-13(18)10-5-3-9(8-15)4-6-10/h1-7H,8,15H2,(H,17,18). The topological polar surface area (TPSA) is 68.0 Å². The van der Waals surface area contributed by atoms with Crippen LogP contribution in [0.3, 0.4) is 0 Å². The summed E-state index contributed by atoms with van der Waals surface area (Å²) >= 11 is 3.28. The molecular weight excluding hydrogens is 294 g/mol. The molecule has 1 heterocycles. The Labute approximate surface area is 113 Å². The van der Waals surface area contributed by atoms with Crippen molar-refractivity contribution in [1.82, 2.24) is 4.98 Å². The first-order valence-corrected chi connectivity index (χ1v) is 6.21. The summed E-state index contributed by atoms with van der Waals surface area (Å²) in [7, 11) is 0. The number of amides is 1. The number of benzene rings is 1. The molecule has 0 fully saturated rings. The quantitative estimate of drug-likeness (QED) is 0.856. The van der Waals surface area contributed by atoms with Crippen molar-refractivity contribution in [2.45, 2.75) is 6.54 Å². The number of nitrogens with zero attached hydrogens (tertiary/aromatic N) is 1. The number of halogens is 1. The van der Waals surface area contributed by atoms with Crippen LogP contribution in [0, 0.1) is 0 Å². The molecule has 5 heteroatoms. The number of hydrogen-bond donors (Lipinski definition) is 2. The molecule has 0 unspecified atom stereocenters. The lowest BCUT2D eigenvalue weighted by atomic mass is 10.1. The van der Waals surface area contributed by atoms with Gasteiger partial charge >= 0.3 is 0 Å². The molecule has 0 saturated heterocycles. The van der Waals surface area contributed by atoms with Gasteiger partial charge in [-0.15, -0.1) is 0 Å². The fourth-order valence-electron chi connectivity index (χ4n) is 1.47. The van der Waals surface area contributed by atoms with Crippen molar-refractivity contribution in [3.63, 3.8) is 0 Å². The molecule has 3 N–H and O–H groups in total. The predicted molar refractivity (Wildman–Crippen MR) is 74.2 cm³/mol. The Morgan fingerprint density at radius 1 is 1.28 bits per heavy atom. The van der Waals surface area contributed by atoms with Gasteiger partial charge in [-0.05, 0) is 45.8 Å². The van der Waals surface area contributed by atoms with Crippen LogP contribution in [0.5, 0.6) is 0 Å². The van der Waals surface area contributed by atoms with Gasteiger partial charge in [-0.1, -0.05) is 12.1 Å². The Morgan fingerprint density at radius 3 is 2.61 bits per heavy atom. The highest BCUT2D eigenvalue weighted by Crippen LogP contribution is 2.19. The van der Waals surface area contributed by atoms with E-state index in [4.69, 9.17) is 5.73 Å². The first kappa shape index (κ1) is 12.7. The van der Waals surface area contributed by atoms with Crippen LogP contribution < -0.4 is 11.1 Å². The predicted octanol–water partition coefficient (Wildman–Crippen LogP) is 2.56. The molecule has 0 aliphatic heterocycles. The Morgan fingerprint density at radius 2 is 2.00 bits per heavy atom. The fraction of sp³-hybridized carbons (Fsp3) is 0.0769. The molecule has 0 saturated carbocycles. The largest absolute Gasteiger partial charge is 0.326 e. The van der Waals surface area contributed by atoms with Crippen molar-refractivity contribution < 1.29 is 4.79 Å². The molecule has 0 radical (unpaired) electrons. The third kappa shape index (κ3) is 2.94. The smallest absolute Gasteiger partial charge is 0.255 e. The Hall–Kier alpha value is -1.72. The van der Waals surface area contributed by atoms with Crippen molar-refractivity contribution in [3.8, 4) is 0 Å². The lowest BCUT2D eigenvalue weighted by molar-refractivity contribution is 0.102. The zero-order valence-electron chi connectivity index (χ0n) is 9.56. The summed E-state index contributed by atoms with van der Waals surface area (Å²) < 4.78 is 0.608. The number of carbonyl (C=O) groups excluding carboxylic acids is 1. The maximum atomic E-state index is 12.0. The van der Waals surface area contributed by atoms with Crippen LogP contribution in [-0.4, -0.2) is 10.9 Å². The van der Waals surface area contributed by atoms with Crippen LogP contribution in [0.2, 0.25) is 0 Å². The second kappa shape index (κ2) is 5.75. The lowest BCUT2D eigenvalue weighted by Gasteiger charge is -2.06. The molecule has 4 nitrogen and oxygen atoms in total. The summed E-state index contributed by atoms with van der Waals surface area (Å²) in [5, 5.41) is 2.78. The first-order valence-electron chi connectivity index (χ1n) is 5.41. The number of aromatic nitrogens is 1. The van der Waals surface area contributed by atoms with Crippen molar-refractivity contribution in [2.75, 3.05) is 5.32 Å². The van der Waals surface area contributed by atoms with E-state index in [1.807, 2.05) is 12.1 Å². The summed E-state index contributed by atoms with van der Waals surface area (Å²) in [6.45, 7) is 0.468. The van der Waals surface area contributed by atoms with Crippen LogP contribution in [0.15, 0.2) is 47.2 Å². The normalized spacial score (nSPS) is 10.1. The van der Waals surface area contributed by atoms with Crippen molar-refractivity contribution in [3.05, 3.63) is 58.3 Å². The molecule has 2 aromatic rings. The lowest BCUT2D eigenvalue weighted by Crippen LogP contribution is -2.12. The second-order valence-corrected chi connectivity index (χ2v) is 4.45. The highest BCUT2D eigenvalue weighted by molar-refractivity contribution is 9.10. The number of anilines is 1. The van der Waals surface area contributed by atoms with Gasteiger partial charge in [0, 0.05) is 18.3 Å². The SMILES string of the molecule is NCc1ccc(C(=O)Nc2cccnc2Br)cc1. The molecule has 18 heavy (non-hydrogen) atoms. The fourth-order valence-corrected chi connectivity index (χ4v) is 1.82. The molecule has 0 spiro atoms. The van der Waals surface area contributed by atoms with Gasteiger partial charge in [0.1, 0.15) is 4.60 Å². The van der Waals surface area contributed by atoms with Gasteiger partial charge in [0.05, 0.1) is 5.69 Å². The monoisotopic (exact) mass is 305 g/mol. The van der Waals surface area contributed by atoms with E-state index in [1.165, 1.54) is 0 Å². The van der Waals surface area contributed by atoms with Crippen molar-refractivity contribution in [2.24, 2.45) is 5.73 Å². The van der Waals surface area contributed by atoms with Crippen LogP contribution in [-0.2, 0) is 6.54 Å². The Bertz CT molecular complexity index is 554. The molecule has 1 aromatic heterocycles. The number of carbonyl (C=O) groups is 1. The molecule has 0 bridgehead atoms. The highest BCUT2D eigenvalue weighted by atomic mass is 79.9. The van der Waals surface area contributed by atoms with Crippen LogP contribution in [0.4, 0.5) is 5.69 Å². The molecule has 1 amide bonds. The zero-order valence-corrected chi connectivity index (χ0v) is 11.1. The average Bonchev–Trinajstić information content (AvgIpc) is 2.41. The van der Waals surface area contributed by atoms with Gasteiger partial charge in [0.25, 0.3) is 5.91 Å². The average molecular weight is 306 g/mol. The number of nitrogens with two attached hydrogens (primary N) is 1. The van der Waals surface area contributed by atoms with E-state index in [9.17, 15) is 4.79 Å². The van der Waals surface area contributed by atoms with Crippen LogP contribution in [0.25, 0.3) is 0 Å². The van der Waals surface area contributed by atoms with Crippen molar-refractivity contribution in [1.29, 1.82) is 0 Å². The summed E-state index contributed by atoms with van der Waals surface area (Å²) in [4.78, 5) is 16.0. The van der Waals surface area contributed by atoms with Gasteiger partial charge in [0.2, 0.25) is 0 Å². The minimum Gasteiger partial charge on any atom is -0.326 e. The maximum absolute atomic E-state index is 12.0. The first-order chi connectivity index (χ1) is 8.70. The Kier molecular flexibility index (Phi) is 4.07. The van der Waals surface area contributed by atoms with E-state index in [-0.39, 0.29) is 5.91 Å². The molecule has 0 atom stereocenters. The summed E-state index contributed by atoms with van der Waals surface area (Å²) in [5.74, 6) is -0.174. The number of hydrogen-bond acceptors (Lipinski definition) is 3. The van der Waals surface area contributed by atoms with E-state index in [1.54, 1.807) is 30.5 Å². The van der Waals surface area contributed by atoms with E-state index in [0.29, 0.717) is 22.4 Å². The van der Waals surface area contributed by atoms with E-state index in [0.717, 1.165) is 5.56 Å². The minimum absolute atomic E-state index is 0.174. The summed E-state index contributed by atoms with van der Waals surface area (Å²) in [6, 6.07) is 10.7. The summed E-state index contributed by atoms with van der Waals surface area (Å²) in [6.07, 6.45) is 1.65. The third-order valence-electron chi connectivity index (χ3n) is 2.46. The molecule has 92 valence electrons. The minimum atomic E-state index is -0.174. The zero-order chi connectivity index (χ0) is 13.0. The van der Waals surface area contributed by atoms with Gasteiger partial charge in [0.15, 0.2) is 0 Å². The van der Waals surface area contributed by atoms with Crippen LogP contribution >= 0.6 is 15.9 Å². The summed E-state index contributed by atoms with van der Waals surface area (Å²) in [5.41, 5.74) is 7.73. The molecule has 0 aliphatic rings. The van der Waals surface area contributed by atoms with Gasteiger partial charge < -0.3 is 11.1 Å². The van der Waals surface area contributed by atoms with Crippen LogP contribution in [0.1, 0.15) is 15.9 Å². The van der Waals surface area contributed by atoms with Gasteiger partial charge in [-0.2, -0.15) is 0 Å². The second-order valence-electron chi connectivity index (χ2n) is 3.70. The number of pyridine rings is 1.